The minimum atomic E-state index is -0.482. The Morgan fingerprint density at radius 3 is 2.66 bits per heavy atom. The van der Waals surface area contributed by atoms with Crippen LogP contribution >= 0.6 is 24.0 Å². The lowest BCUT2D eigenvalue weighted by Crippen LogP contribution is -2.28. The van der Waals surface area contributed by atoms with Crippen LogP contribution in [0, 0.1) is 4.64 Å². The maximum absolute atomic E-state index is 12.6. The first kappa shape index (κ1) is 25.6. The molecule has 2 aromatic rings. The lowest BCUT2D eigenvalue weighted by atomic mass is 10.3. The summed E-state index contributed by atoms with van der Waals surface area (Å²) in [5.74, 6) is 0.440. The quantitative estimate of drug-likeness (QED) is 0.241. The molecule has 1 aromatic heterocycles. The molecule has 0 saturated carbocycles. The summed E-state index contributed by atoms with van der Waals surface area (Å²) in [6.45, 7) is 8.00. The van der Waals surface area contributed by atoms with Gasteiger partial charge >= 0.3 is 0 Å². The van der Waals surface area contributed by atoms with Crippen LogP contribution in [0.2, 0.25) is 0 Å². The molecule has 0 spiro atoms. The van der Waals surface area contributed by atoms with Gasteiger partial charge in [0, 0.05) is 23.4 Å². The zero-order valence-corrected chi connectivity index (χ0v) is 20.4. The second kappa shape index (κ2) is 13.7. The summed E-state index contributed by atoms with van der Waals surface area (Å²) in [5.41, 5.74) is 6.08. The van der Waals surface area contributed by atoms with E-state index >= 15 is 0 Å². The largest absolute Gasteiger partial charge is 0.492 e. The van der Waals surface area contributed by atoms with E-state index in [0.29, 0.717) is 21.8 Å². The Labute approximate surface area is 199 Å². The number of H-pyrrole nitrogens is 1. The van der Waals surface area contributed by atoms with Gasteiger partial charge in [-0.2, -0.15) is 4.99 Å². The van der Waals surface area contributed by atoms with E-state index in [-0.39, 0.29) is 5.84 Å². The van der Waals surface area contributed by atoms with E-state index in [1.165, 1.54) is 17.8 Å². The van der Waals surface area contributed by atoms with Crippen molar-refractivity contribution in [2.45, 2.75) is 30.1 Å². The van der Waals surface area contributed by atoms with Gasteiger partial charge in [0.1, 0.15) is 28.5 Å². The van der Waals surface area contributed by atoms with E-state index in [4.69, 9.17) is 22.7 Å². The number of carbonyl (C=O) groups excluding carboxylic acids is 1. The zero-order chi connectivity index (χ0) is 23.3. The molecule has 0 saturated heterocycles. The first-order valence-corrected chi connectivity index (χ1v) is 11.8. The van der Waals surface area contributed by atoms with E-state index < -0.39 is 5.91 Å². The number of pyridine rings is 1. The molecule has 9 heteroatoms. The van der Waals surface area contributed by atoms with Gasteiger partial charge in [-0.05, 0) is 68.2 Å². The van der Waals surface area contributed by atoms with E-state index in [0.717, 1.165) is 36.7 Å². The van der Waals surface area contributed by atoms with Gasteiger partial charge in [-0.1, -0.05) is 37.8 Å². The van der Waals surface area contributed by atoms with E-state index in [2.05, 4.69) is 34.0 Å². The Balaban J connectivity index is 2.07. The summed E-state index contributed by atoms with van der Waals surface area (Å²) in [6, 6.07) is 11.4. The smallest absolute Gasteiger partial charge is 0.296 e. The van der Waals surface area contributed by atoms with Crippen molar-refractivity contribution >= 4 is 35.7 Å². The number of nitrogens with two attached hydrogens (primary N) is 1. The molecule has 172 valence electrons. The number of amidine groups is 1. The van der Waals surface area contributed by atoms with Crippen molar-refractivity contribution in [3.05, 3.63) is 59.0 Å². The Kier molecular flexibility index (Phi) is 11.0. The predicted molar refractivity (Wildman–Crippen MR) is 134 cm³/mol. The molecule has 32 heavy (non-hydrogen) atoms. The molecule has 0 atom stereocenters. The average molecular weight is 474 g/mol. The molecular formula is C23H31N5O2S2. The highest BCUT2D eigenvalue weighted by Crippen LogP contribution is 2.31. The van der Waals surface area contributed by atoms with E-state index in [1.807, 2.05) is 30.3 Å². The molecule has 0 aliphatic rings. The SMILES string of the molecule is CCCN(CC)CCOc1ccc(Sc2ccc(=S)[nH]c2C(=O)N=C(N)/C=C\NC)cc1. The van der Waals surface area contributed by atoms with Gasteiger partial charge in [-0.3, -0.25) is 4.79 Å². The summed E-state index contributed by atoms with van der Waals surface area (Å²) in [5, 5.41) is 2.80. The summed E-state index contributed by atoms with van der Waals surface area (Å²) in [7, 11) is 1.73. The normalized spacial score (nSPS) is 11.8. The third kappa shape index (κ3) is 8.49. The molecule has 1 amide bonds. The van der Waals surface area contributed by atoms with Crippen LogP contribution in [-0.2, 0) is 0 Å². The maximum atomic E-state index is 12.6. The first-order valence-electron chi connectivity index (χ1n) is 10.6. The summed E-state index contributed by atoms with van der Waals surface area (Å²) in [4.78, 5) is 23.5. The number of hydrogen-bond donors (Lipinski definition) is 3. The Morgan fingerprint density at radius 2 is 2.00 bits per heavy atom. The summed E-state index contributed by atoms with van der Waals surface area (Å²) in [6.07, 6.45) is 4.25. The highest BCUT2D eigenvalue weighted by atomic mass is 32.2. The molecular weight excluding hydrogens is 442 g/mol. The van der Waals surface area contributed by atoms with Gasteiger partial charge in [0.15, 0.2) is 0 Å². The maximum Gasteiger partial charge on any atom is 0.296 e. The Morgan fingerprint density at radius 1 is 1.25 bits per heavy atom. The van der Waals surface area contributed by atoms with Crippen molar-refractivity contribution in [1.82, 2.24) is 15.2 Å². The predicted octanol–water partition coefficient (Wildman–Crippen LogP) is 4.24. The number of benzene rings is 1. The van der Waals surface area contributed by atoms with Gasteiger partial charge in [-0.25, -0.2) is 0 Å². The van der Waals surface area contributed by atoms with Crippen molar-refractivity contribution in [2.24, 2.45) is 10.7 Å². The van der Waals surface area contributed by atoms with Crippen LogP contribution in [0.15, 0.2) is 63.5 Å². The van der Waals surface area contributed by atoms with Crippen LogP contribution in [0.5, 0.6) is 5.75 Å². The van der Waals surface area contributed by atoms with Crippen LogP contribution < -0.4 is 15.8 Å². The number of aliphatic imine (C=N–C) groups is 1. The van der Waals surface area contributed by atoms with Gasteiger partial charge in [0.2, 0.25) is 0 Å². The van der Waals surface area contributed by atoms with Gasteiger partial charge in [0.05, 0.1) is 0 Å². The molecule has 7 nitrogen and oxygen atoms in total. The minimum Gasteiger partial charge on any atom is -0.492 e. The molecule has 4 N–H and O–H groups in total. The van der Waals surface area contributed by atoms with Crippen molar-refractivity contribution in [1.29, 1.82) is 0 Å². The highest BCUT2D eigenvalue weighted by molar-refractivity contribution is 7.99. The van der Waals surface area contributed by atoms with Crippen molar-refractivity contribution in [3.8, 4) is 5.75 Å². The fraction of sp³-hybridized carbons (Fsp3) is 0.348. The third-order valence-electron chi connectivity index (χ3n) is 4.46. The Bertz CT molecular complexity index is 987. The van der Waals surface area contributed by atoms with Crippen molar-refractivity contribution in [3.63, 3.8) is 0 Å². The van der Waals surface area contributed by atoms with Gasteiger partial charge in [-0.15, -0.1) is 0 Å². The fourth-order valence-corrected chi connectivity index (χ4v) is 3.92. The van der Waals surface area contributed by atoms with Crippen LogP contribution in [-0.4, -0.2) is 54.9 Å². The van der Waals surface area contributed by atoms with E-state index in [1.54, 1.807) is 19.3 Å². The minimum absolute atomic E-state index is 0.102. The standard InChI is InChI=1S/C23H31N5O2S2/c1-4-14-28(5-2)15-16-30-17-6-8-18(9-7-17)32-19-10-11-21(31)27-22(19)23(29)26-20(24)12-13-25-3/h6-13,25H,4-5,14-16H2,1-3H3,(H,27,31)(H2,24,26,29)/b13-12-. The number of rotatable bonds is 12. The topological polar surface area (TPSA) is 95.7 Å². The van der Waals surface area contributed by atoms with Gasteiger partial charge < -0.3 is 25.7 Å². The second-order valence-electron chi connectivity index (χ2n) is 6.88. The molecule has 0 aliphatic heterocycles. The molecule has 1 aromatic carbocycles. The monoisotopic (exact) mass is 473 g/mol. The first-order chi connectivity index (χ1) is 15.5. The summed E-state index contributed by atoms with van der Waals surface area (Å²) < 4.78 is 6.32. The number of nitrogens with zero attached hydrogens (tertiary/aromatic N) is 2. The van der Waals surface area contributed by atoms with Crippen molar-refractivity contribution < 1.29 is 9.53 Å². The number of amides is 1. The van der Waals surface area contributed by atoms with Gasteiger partial charge in [0.25, 0.3) is 5.91 Å². The molecule has 0 fully saturated rings. The summed E-state index contributed by atoms with van der Waals surface area (Å²) >= 11 is 6.63. The lowest BCUT2D eigenvalue weighted by Gasteiger charge is -2.19. The number of nitrogens with one attached hydrogen (secondary N) is 2. The van der Waals surface area contributed by atoms with Crippen molar-refractivity contribution in [2.75, 3.05) is 33.3 Å². The molecule has 2 rings (SSSR count). The van der Waals surface area contributed by atoms with E-state index in [9.17, 15) is 4.79 Å². The van der Waals surface area contributed by atoms with Crippen LogP contribution in [0.4, 0.5) is 0 Å². The number of carbonyl (C=O) groups is 1. The number of aromatic nitrogens is 1. The van der Waals surface area contributed by atoms with Crippen LogP contribution in [0.25, 0.3) is 0 Å². The molecule has 0 bridgehead atoms. The second-order valence-corrected chi connectivity index (χ2v) is 8.44. The molecule has 1 heterocycles. The third-order valence-corrected chi connectivity index (χ3v) is 5.77. The number of aromatic amines is 1. The molecule has 0 aliphatic carbocycles. The van der Waals surface area contributed by atoms with Crippen LogP contribution in [0.1, 0.15) is 30.8 Å². The fourth-order valence-electron chi connectivity index (χ4n) is 2.85. The molecule has 0 unspecified atom stereocenters. The number of ether oxygens (including phenoxy) is 1. The average Bonchev–Trinajstić information content (AvgIpc) is 2.79. The Hall–Kier alpha value is -2.62. The number of likely N-dealkylation sites (N-methyl/N-ethyl adjacent to an activating group) is 1. The lowest BCUT2D eigenvalue weighted by molar-refractivity contribution is 0.0995. The van der Waals surface area contributed by atoms with Crippen LogP contribution in [0.3, 0.4) is 0 Å². The highest BCUT2D eigenvalue weighted by Gasteiger charge is 2.13. The number of hydrogen-bond acceptors (Lipinski definition) is 6. The zero-order valence-electron chi connectivity index (χ0n) is 18.8. The molecule has 0 radical (unpaired) electrons.